The van der Waals surface area contributed by atoms with Crippen molar-refractivity contribution in [1.82, 2.24) is 4.31 Å². The summed E-state index contributed by atoms with van der Waals surface area (Å²) in [5, 5.41) is 8.93. The second-order valence-corrected chi connectivity index (χ2v) is 7.01. The minimum atomic E-state index is -3.51. The molecule has 3 N–H and O–H groups in total. The Hall–Kier alpha value is -0.240. The number of sulfonamides is 1. The highest BCUT2D eigenvalue weighted by molar-refractivity contribution is 7.92. The highest BCUT2D eigenvalue weighted by Gasteiger charge is 2.41. The number of β-amino-alcohol motifs (C(OH)–C–C–N with tert-alkyl or cyclic N) is 1. The molecule has 2 unspecified atom stereocenters. The molecule has 0 spiro atoms. The number of hydrogen-bond donors (Lipinski definition) is 2. The largest absolute Gasteiger partial charge is 0.392 e. The summed E-state index contributed by atoms with van der Waals surface area (Å²) in [6.45, 7) is 3.81. The van der Waals surface area contributed by atoms with Crippen LogP contribution in [0.1, 0.15) is 26.7 Å². The Morgan fingerprint density at radius 3 is 2.56 bits per heavy atom. The highest BCUT2D eigenvalue weighted by atomic mass is 32.2. The number of rotatable bonds is 4. The molecule has 16 heavy (non-hydrogen) atoms. The quantitative estimate of drug-likeness (QED) is 0.691. The van der Waals surface area contributed by atoms with Crippen LogP contribution >= 0.6 is 12.2 Å². The molecular formula is C9H18N2O3S2. The maximum Gasteiger partial charge on any atom is 0.223 e. The molecule has 1 rings (SSSR count). The van der Waals surface area contributed by atoms with Gasteiger partial charge in [0.2, 0.25) is 10.0 Å². The normalized spacial score (nSPS) is 29.2. The molecule has 1 heterocycles. The second-order valence-electron chi connectivity index (χ2n) is 4.42. The van der Waals surface area contributed by atoms with Gasteiger partial charge in [0.1, 0.15) is 5.25 Å². The van der Waals surface area contributed by atoms with Gasteiger partial charge >= 0.3 is 0 Å². The molecule has 0 radical (unpaired) electrons. The van der Waals surface area contributed by atoms with Crippen molar-refractivity contribution in [2.45, 2.75) is 37.5 Å². The molecule has 1 aliphatic rings. The van der Waals surface area contributed by atoms with Gasteiger partial charge in [-0.15, -0.1) is 0 Å². The fraction of sp³-hybridized carbons (Fsp3) is 0.889. The van der Waals surface area contributed by atoms with Gasteiger partial charge in [-0.25, -0.2) is 8.42 Å². The zero-order valence-electron chi connectivity index (χ0n) is 9.51. The van der Waals surface area contributed by atoms with Crippen molar-refractivity contribution in [2.24, 2.45) is 5.73 Å². The van der Waals surface area contributed by atoms with Crippen molar-refractivity contribution in [2.75, 3.05) is 13.1 Å². The van der Waals surface area contributed by atoms with Crippen LogP contribution in [0.15, 0.2) is 0 Å². The van der Waals surface area contributed by atoms with Crippen LogP contribution in [0.3, 0.4) is 0 Å². The van der Waals surface area contributed by atoms with Crippen molar-refractivity contribution in [1.29, 1.82) is 0 Å². The van der Waals surface area contributed by atoms with Crippen molar-refractivity contribution in [3.8, 4) is 0 Å². The first-order valence-electron chi connectivity index (χ1n) is 5.21. The summed E-state index contributed by atoms with van der Waals surface area (Å²) in [5.41, 5.74) is 4.49. The fourth-order valence-corrected chi connectivity index (χ4v) is 4.27. The molecule has 0 aromatic heterocycles. The molecule has 1 fully saturated rings. The Labute approximate surface area is 102 Å². The van der Waals surface area contributed by atoms with Crippen molar-refractivity contribution in [3.63, 3.8) is 0 Å². The van der Waals surface area contributed by atoms with Gasteiger partial charge in [0.15, 0.2) is 0 Å². The summed E-state index contributed by atoms with van der Waals surface area (Å²) in [5.74, 6) is 0. The van der Waals surface area contributed by atoms with Gasteiger partial charge in [0.25, 0.3) is 0 Å². The zero-order valence-corrected chi connectivity index (χ0v) is 11.1. The second kappa shape index (κ2) is 4.56. The van der Waals surface area contributed by atoms with E-state index in [0.717, 1.165) is 0 Å². The summed E-state index contributed by atoms with van der Waals surface area (Å²) >= 11 is 4.77. The van der Waals surface area contributed by atoms with Crippen LogP contribution in [0.25, 0.3) is 0 Å². The summed E-state index contributed by atoms with van der Waals surface area (Å²) in [7, 11) is -3.51. The van der Waals surface area contributed by atoms with Crippen LogP contribution in [0.4, 0.5) is 0 Å². The Bertz CT molecular complexity index is 378. The molecular weight excluding hydrogens is 248 g/mol. The fourth-order valence-electron chi connectivity index (χ4n) is 1.86. The molecule has 0 aromatic rings. The molecule has 94 valence electrons. The van der Waals surface area contributed by atoms with Crippen molar-refractivity contribution >= 4 is 27.2 Å². The standard InChI is InChI=1S/C9H18N2O3S2/c1-3-7(8(10)15)16(13,14)11-5-4-9(2,12)6-11/h7,12H,3-6H2,1-2H3,(H2,10,15). The zero-order chi connectivity index (χ0) is 12.6. The molecule has 0 saturated carbocycles. The lowest BCUT2D eigenvalue weighted by molar-refractivity contribution is 0.0762. The van der Waals surface area contributed by atoms with Gasteiger partial charge in [0.05, 0.1) is 10.6 Å². The predicted octanol–water partition coefficient (Wildman–Crippen LogP) is -0.162. The third-order valence-electron chi connectivity index (χ3n) is 2.82. The lowest BCUT2D eigenvalue weighted by atomic mass is 10.1. The van der Waals surface area contributed by atoms with E-state index in [1.165, 1.54) is 4.31 Å². The van der Waals surface area contributed by atoms with Gasteiger partial charge in [0, 0.05) is 13.1 Å². The molecule has 1 aliphatic heterocycles. The lowest BCUT2D eigenvalue weighted by Gasteiger charge is -2.23. The number of hydrogen-bond acceptors (Lipinski definition) is 4. The van der Waals surface area contributed by atoms with Gasteiger partial charge < -0.3 is 10.8 Å². The number of nitrogens with two attached hydrogens (primary N) is 1. The molecule has 2 atom stereocenters. The Morgan fingerprint density at radius 2 is 2.25 bits per heavy atom. The minimum Gasteiger partial charge on any atom is -0.392 e. The van der Waals surface area contributed by atoms with E-state index in [0.29, 0.717) is 19.4 Å². The number of thiocarbonyl (C=S) groups is 1. The van der Waals surface area contributed by atoms with Crippen LogP contribution in [0.5, 0.6) is 0 Å². The van der Waals surface area contributed by atoms with E-state index in [4.69, 9.17) is 18.0 Å². The third-order valence-corrected chi connectivity index (χ3v) is 5.60. The van der Waals surface area contributed by atoms with Crippen LogP contribution in [0.2, 0.25) is 0 Å². The molecule has 0 aliphatic carbocycles. The lowest BCUT2D eigenvalue weighted by Crippen LogP contribution is -2.44. The van der Waals surface area contributed by atoms with Crippen LogP contribution in [-0.4, -0.2) is 46.8 Å². The maximum atomic E-state index is 12.1. The smallest absolute Gasteiger partial charge is 0.223 e. The summed E-state index contributed by atoms with van der Waals surface area (Å²) in [6.07, 6.45) is 0.802. The Kier molecular flexibility index (Phi) is 3.94. The number of aliphatic hydroxyl groups is 1. The van der Waals surface area contributed by atoms with E-state index >= 15 is 0 Å². The summed E-state index contributed by atoms with van der Waals surface area (Å²) in [4.78, 5) is -0.00552. The van der Waals surface area contributed by atoms with Crippen LogP contribution < -0.4 is 5.73 Å². The van der Waals surface area contributed by atoms with E-state index in [1.807, 2.05) is 0 Å². The molecule has 1 saturated heterocycles. The Morgan fingerprint density at radius 1 is 1.69 bits per heavy atom. The number of nitrogens with zero attached hydrogens (tertiary/aromatic N) is 1. The molecule has 7 heteroatoms. The van der Waals surface area contributed by atoms with Gasteiger partial charge in [-0.3, -0.25) is 0 Å². The Balaban J connectivity index is 2.91. The summed E-state index contributed by atoms with van der Waals surface area (Å²) in [6, 6.07) is 0. The van der Waals surface area contributed by atoms with E-state index in [1.54, 1.807) is 13.8 Å². The highest BCUT2D eigenvalue weighted by Crippen LogP contribution is 2.25. The van der Waals surface area contributed by atoms with Gasteiger partial charge in [-0.1, -0.05) is 19.1 Å². The van der Waals surface area contributed by atoms with Crippen molar-refractivity contribution in [3.05, 3.63) is 0 Å². The molecule has 0 amide bonds. The van der Waals surface area contributed by atoms with E-state index < -0.39 is 20.9 Å². The topological polar surface area (TPSA) is 83.6 Å². The molecule has 5 nitrogen and oxygen atoms in total. The van der Waals surface area contributed by atoms with Gasteiger partial charge in [-0.2, -0.15) is 4.31 Å². The average Bonchev–Trinajstić information content (AvgIpc) is 2.46. The third kappa shape index (κ3) is 2.71. The first-order chi connectivity index (χ1) is 7.20. The van der Waals surface area contributed by atoms with Crippen LogP contribution in [-0.2, 0) is 10.0 Å². The van der Waals surface area contributed by atoms with Crippen LogP contribution in [0, 0.1) is 0 Å². The maximum absolute atomic E-state index is 12.1. The molecule has 0 bridgehead atoms. The van der Waals surface area contributed by atoms with Crippen molar-refractivity contribution < 1.29 is 13.5 Å². The monoisotopic (exact) mass is 266 g/mol. The van der Waals surface area contributed by atoms with E-state index in [2.05, 4.69) is 0 Å². The van der Waals surface area contributed by atoms with E-state index in [9.17, 15) is 13.5 Å². The average molecular weight is 266 g/mol. The van der Waals surface area contributed by atoms with E-state index in [-0.39, 0.29) is 11.5 Å². The predicted molar refractivity (Wildman–Crippen MR) is 66.6 cm³/mol. The minimum absolute atomic E-state index is 0.00552. The van der Waals surface area contributed by atoms with Gasteiger partial charge in [-0.05, 0) is 19.8 Å². The first kappa shape index (κ1) is 13.8. The first-order valence-corrected chi connectivity index (χ1v) is 7.12. The summed E-state index contributed by atoms with van der Waals surface area (Å²) < 4.78 is 25.6. The SMILES string of the molecule is CCC(C(N)=S)S(=O)(=O)N1CCC(C)(O)C1. The molecule has 0 aromatic carbocycles.